The van der Waals surface area contributed by atoms with E-state index in [1.165, 1.54) is 0 Å². The lowest BCUT2D eigenvalue weighted by Gasteiger charge is -2.10. The van der Waals surface area contributed by atoms with Crippen LogP contribution in [0.3, 0.4) is 0 Å². The Hall–Kier alpha value is -1.51. The Labute approximate surface area is 116 Å². The first-order valence-electron chi connectivity index (χ1n) is 5.40. The van der Waals surface area contributed by atoms with Crippen molar-refractivity contribution in [3.05, 3.63) is 63.6 Å². The molecule has 0 aliphatic rings. The number of anilines is 1. The number of halogens is 2. The highest BCUT2D eigenvalue weighted by atomic mass is 35.5. The zero-order chi connectivity index (χ0) is 13.1. The van der Waals surface area contributed by atoms with E-state index in [0.29, 0.717) is 26.9 Å². The Bertz CT molecular complexity index is 582. The quantitative estimate of drug-likeness (QED) is 0.851. The third-order valence-electron chi connectivity index (χ3n) is 2.61. The summed E-state index contributed by atoms with van der Waals surface area (Å²) < 4.78 is 0. The van der Waals surface area contributed by atoms with Crippen molar-refractivity contribution in [2.45, 2.75) is 0 Å². The third kappa shape index (κ3) is 2.50. The van der Waals surface area contributed by atoms with Gasteiger partial charge in [0, 0.05) is 23.9 Å². The Kier molecular flexibility index (Phi) is 3.90. The number of rotatable bonds is 3. The van der Waals surface area contributed by atoms with Gasteiger partial charge in [-0.25, -0.2) is 0 Å². The number of benzene rings is 2. The van der Waals surface area contributed by atoms with Crippen molar-refractivity contribution < 1.29 is 4.79 Å². The summed E-state index contributed by atoms with van der Waals surface area (Å²) in [6.45, 7) is 0. The van der Waals surface area contributed by atoms with Gasteiger partial charge in [-0.15, -0.1) is 0 Å². The van der Waals surface area contributed by atoms with Crippen molar-refractivity contribution >= 4 is 34.7 Å². The van der Waals surface area contributed by atoms with Gasteiger partial charge in [-0.3, -0.25) is 4.79 Å². The Balaban J connectivity index is 2.51. The molecule has 1 N–H and O–H groups in total. The molecule has 0 atom stereocenters. The van der Waals surface area contributed by atoms with E-state index < -0.39 is 0 Å². The summed E-state index contributed by atoms with van der Waals surface area (Å²) >= 11 is 11.9. The smallest absolute Gasteiger partial charge is 0.195 e. The molecule has 0 aliphatic carbocycles. The predicted octanol–water partition coefficient (Wildman–Crippen LogP) is 4.27. The average Bonchev–Trinajstić information content (AvgIpc) is 2.41. The van der Waals surface area contributed by atoms with E-state index in [9.17, 15) is 4.79 Å². The monoisotopic (exact) mass is 279 g/mol. The van der Waals surface area contributed by atoms with Crippen molar-refractivity contribution in [2.24, 2.45) is 0 Å². The zero-order valence-corrected chi connectivity index (χ0v) is 11.2. The average molecular weight is 280 g/mol. The zero-order valence-electron chi connectivity index (χ0n) is 9.71. The van der Waals surface area contributed by atoms with Crippen LogP contribution >= 0.6 is 23.2 Å². The molecule has 0 amide bonds. The van der Waals surface area contributed by atoms with Crippen molar-refractivity contribution in [1.29, 1.82) is 0 Å². The molecule has 2 aromatic carbocycles. The van der Waals surface area contributed by atoms with Crippen molar-refractivity contribution in [1.82, 2.24) is 0 Å². The Morgan fingerprint density at radius 3 is 2.28 bits per heavy atom. The van der Waals surface area contributed by atoms with Crippen LogP contribution in [0.5, 0.6) is 0 Å². The van der Waals surface area contributed by atoms with Crippen molar-refractivity contribution in [2.75, 3.05) is 12.4 Å². The molecule has 0 fully saturated rings. The van der Waals surface area contributed by atoms with Crippen LogP contribution in [0.15, 0.2) is 42.5 Å². The number of carbonyl (C=O) groups excluding carboxylic acids is 1. The lowest BCUT2D eigenvalue weighted by Crippen LogP contribution is -2.05. The molecule has 0 saturated heterocycles. The van der Waals surface area contributed by atoms with Crippen LogP contribution in [-0.2, 0) is 0 Å². The van der Waals surface area contributed by atoms with Crippen LogP contribution in [0.4, 0.5) is 5.69 Å². The molecule has 0 spiro atoms. The van der Waals surface area contributed by atoms with Gasteiger partial charge < -0.3 is 5.32 Å². The lowest BCUT2D eigenvalue weighted by molar-refractivity contribution is 0.103. The van der Waals surface area contributed by atoms with Crippen molar-refractivity contribution in [3.8, 4) is 0 Å². The molecule has 0 bridgehead atoms. The van der Waals surface area contributed by atoms with Gasteiger partial charge in [-0.05, 0) is 12.1 Å². The summed E-state index contributed by atoms with van der Waals surface area (Å²) in [5, 5.41) is 3.74. The first-order chi connectivity index (χ1) is 8.63. The number of hydrogen-bond acceptors (Lipinski definition) is 2. The second-order valence-electron chi connectivity index (χ2n) is 3.76. The minimum Gasteiger partial charge on any atom is -0.387 e. The fourth-order valence-corrected chi connectivity index (χ4v) is 2.01. The molecular weight excluding hydrogens is 269 g/mol. The maximum absolute atomic E-state index is 12.3. The van der Waals surface area contributed by atoms with Gasteiger partial charge in [0.2, 0.25) is 0 Å². The van der Waals surface area contributed by atoms with Gasteiger partial charge in [0.1, 0.15) is 0 Å². The number of carbonyl (C=O) groups is 1. The van der Waals surface area contributed by atoms with Crippen LogP contribution < -0.4 is 5.32 Å². The molecule has 0 aromatic heterocycles. The minimum absolute atomic E-state index is 0.0847. The lowest BCUT2D eigenvalue weighted by atomic mass is 10.0. The molecule has 0 saturated carbocycles. The van der Waals surface area contributed by atoms with E-state index in [-0.39, 0.29) is 5.78 Å². The first-order valence-corrected chi connectivity index (χ1v) is 6.15. The molecule has 0 aliphatic heterocycles. The molecular formula is C14H11Cl2NO. The summed E-state index contributed by atoms with van der Waals surface area (Å²) in [6, 6.07) is 12.3. The van der Waals surface area contributed by atoms with Gasteiger partial charge in [-0.2, -0.15) is 0 Å². The van der Waals surface area contributed by atoms with Crippen LogP contribution in [0.25, 0.3) is 0 Å². The van der Waals surface area contributed by atoms with Crippen molar-refractivity contribution in [3.63, 3.8) is 0 Å². The molecule has 92 valence electrons. The van der Waals surface area contributed by atoms with Crippen LogP contribution in [0.1, 0.15) is 15.9 Å². The maximum Gasteiger partial charge on any atom is 0.195 e. The molecule has 2 aromatic rings. The molecule has 0 unspecified atom stereocenters. The second-order valence-corrected chi connectivity index (χ2v) is 4.57. The molecule has 18 heavy (non-hydrogen) atoms. The first kappa shape index (κ1) is 12.9. The minimum atomic E-state index is -0.0847. The SMILES string of the molecule is CNc1cc(Cl)c(Cl)cc1C(=O)c1ccccc1. The fraction of sp³-hybridized carbons (Fsp3) is 0.0714. The Morgan fingerprint density at radius 1 is 1.06 bits per heavy atom. The topological polar surface area (TPSA) is 29.1 Å². The summed E-state index contributed by atoms with van der Waals surface area (Å²) in [7, 11) is 1.74. The van der Waals surface area contributed by atoms with Gasteiger partial charge in [0.05, 0.1) is 10.0 Å². The van der Waals surface area contributed by atoms with E-state index in [2.05, 4.69) is 5.32 Å². The van der Waals surface area contributed by atoms with E-state index in [0.717, 1.165) is 0 Å². The number of ketones is 1. The Morgan fingerprint density at radius 2 is 1.67 bits per heavy atom. The molecule has 0 radical (unpaired) electrons. The third-order valence-corrected chi connectivity index (χ3v) is 3.33. The molecule has 2 nitrogen and oxygen atoms in total. The summed E-state index contributed by atoms with van der Waals surface area (Å²) in [5.41, 5.74) is 1.80. The van der Waals surface area contributed by atoms with E-state index in [1.54, 1.807) is 31.3 Å². The predicted molar refractivity (Wildman–Crippen MR) is 75.9 cm³/mol. The van der Waals surface area contributed by atoms with Crippen LogP contribution in [0, 0.1) is 0 Å². The van der Waals surface area contributed by atoms with Crippen LogP contribution in [-0.4, -0.2) is 12.8 Å². The van der Waals surface area contributed by atoms with E-state index in [4.69, 9.17) is 23.2 Å². The summed E-state index contributed by atoms with van der Waals surface area (Å²) in [6.07, 6.45) is 0. The largest absolute Gasteiger partial charge is 0.387 e. The van der Waals surface area contributed by atoms with Gasteiger partial charge in [0.25, 0.3) is 0 Å². The number of nitrogens with one attached hydrogen (secondary N) is 1. The summed E-state index contributed by atoms with van der Waals surface area (Å²) in [5.74, 6) is -0.0847. The maximum atomic E-state index is 12.3. The fourth-order valence-electron chi connectivity index (χ4n) is 1.69. The standard InChI is InChI=1S/C14H11Cl2NO/c1-17-13-8-12(16)11(15)7-10(13)14(18)9-5-3-2-4-6-9/h2-8,17H,1H3. The second kappa shape index (κ2) is 5.42. The highest BCUT2D eigenvalue weighted by Crippen LogP contribution is 2.30. The van der Waals surface area contributed by atoms with E-state index >= 15 is 0 Å². The normalized spacial score (nSPS) is 10.2. The van der Waals surface area contributed by atoms with Gasteiger partial charge in [0.15, 0.2) is 5.78 Å². The van der Waals surface area contributed by atoms with E-state index in [1.807, 2.05) is 18.2 Å². The van der Waals surface area contributed by atoms with Crippen LogP contribution in [0.2, 0.25) is 10.0 Å². The molecule has 0 heterocycles. The summed E-state index contributed by atoms with van der Waals surface area (Å²) in [4.78, 5) is 12.3. The highest BCUT2D eigenvalue weighted by Gasteiger charge is 2.15. The number of hydrogen-bond donors (Lipinski definition) is 1. The molecule has 4 heteroatoms. The highest BCUT2D eigenvalue weighted by molar-refractivity contribution is 6.42. The van der Waals surface area contributed by atoms with Gasteiger partial charge >= 0.3 is 0 Å². The molecule has 2 rings (SSSR count). The van der Waals surface area contributed by atoms with Gasteiger partial charge in [-0.1, -0.05) is 53.5 Å².